The number of fused-ring (bicyclic) bond motifs is 1. The van der Waals surface area contributed by atoms with E-state index in [1.54, 1.807) is 21.1 Å². The van der Waals surface area contributed by atoms with Gasteiger partial charge in [0, 0.05) is 37.1 Å². The van der Waals surface area contributed by atoms with Gasteiger partial charge in [0.1, 0.15) is 0 Å². The molecular formula is C25H19F2N3O2S. The molecule has 2 aromatic carbocycles. The van der Waals surface area contributed by atoms with Crippen molar-refractivity contribution in [3.05, 3.63) is 88.8 Å². The van der Waals surface area contributed by atoms with Gasteiger partial charge in [0.2, 0.25) is 0 Å². The fourth-order valence-corrected chi connectivity index (χ4v) is 4.68. The molecule has 0 spiro atoms. The van der Waals surface area contributed by atoms with Gasteiger partial charge < -0.3 is 9.80 Å². The van der Waals surface area contributed by atoms with E-state index in [-0.39, 0.29) is 17.4 Å². The van der Waals surface area contributed by atoms with Crippen LogP contribution in [-0.4, -0.2) is 52.8 Å². The fourth-order valence-electron chi connectivity index (χ4n) is 4.00. The smallest absolute Gasteiger partial charge is 0.254 e. The van der Waals surface area contributed by atoms with Crippen molar-refractivity contribution in [2.75, 3.05) is 26.2 Å². The van der Waals surface area contributed by atoms with Crippen LogP contribution in [0.1, 0.15) is 20.7 Å². The molecule has 0 atom stereocenters. The van der Waals surface area contributed by atoms with Crippen LogP contribution >= 0.6 is 11.3 Å². The lowest BCUT2D eigenvalue weighted by Crippen LogP contribution is -2.50. The molecule has 1 aliphatic heterocycles. The molecule has 3 heterocycles. The van der Waals surface area contributed by atoms with E-state index in [1.165, 1.54) is 6.07 Å². The van der Waals surface area contributed by atoms with Crippen molar-refractivity contribution < 1.29 is 18.4 Å². The zero-order valence-electron chi connectivity index (χ0n) is 17.5. The van der Waals surface area contributed by atoms with Gasteiger partial charge in [0.25, 0.3) is 11.8 Å². The quantitative estimate of drug-likeness (QED) is 0.437. The van der Waals surface area contributed by atoms with Crippen LogP contribution in [0.3, 0.4) is 0 Å². The van der Waals surface area contributed by atoms with Gasteiger partial charge >= 0.3 is 0 Å². The van der Waals surface area contributed by atoms with E-state index < -0.39 is 11.6 Å². The zero-order valence-corrected chi connectivity index (χ0v) is 18.3. The summed E-state index contributed by atoms with van der Waals surface area (Å²) in [5.74, 6) is -2.55. The predicted octanol–water partition coefficient (Wildman–Crippen LogP) is 4.84. The van der Waals surface area contributed by atoms with E-state index in [1.807, 2.05) is 47.8 Å². The molecule has 0 bridgehead atoms. The number of pyridine rings is 1. The third-order valence-electron chi connectivity index (χ3n) is 5.74. The Balaban J connectivity index is 1.37. The van der Waals surface area contributed by atoms with E-state index in [4.69, 9.17) is 4.98 Å². The van der Waals surface area contributed by atoms with Crippen LogP contribution in [0.2, 0.25) is 0 Å². The van der Waals surface area contributed by atoms with E-state index in [0.717, 1.165) is 33.6 Å². The van der Waals surface area contributed by atoms with E-state index in [2.05, 4.69) is 0 Å². The van der Waals surface area contributed by atoms with Gasteiger partial charge in [-0.3, -0.25) is 9.59 Å². The lowest BCUT2D eigenvalue weighted by molar-refractivity contribution is 0.0536. The summed E-state index contributed by atoms with van der Waals surface area (Å²) in [4.78, 5) is 35.1. The third-order valence-corrected chi connectivity index (χ3v) is 6.63. The van der Waals surface area contributed by atoms with Crippen molar-refractivity contribution in [3.8, 4) is 10.6 Å². The molecular weight excluding hydrogens is 444 g/mol. The fraction of sp³-hybridized carbons (Fsp3) is 0.160. The van der Waals surface area contributed by atoms with Crippen LogP contribution in [0.4, 0.5) is 8.78 Å². The number of thiophene rings is 1. The highest BCUT2D eigenvalue weighted by Crippen LogP contribution is 2.29. The first-order valence-corrected chi connectivity index (χ1v) is 11.4. The summed E-state index contributed by atoms with van der Waals surface area (Å²) in [6.07, 6.45) is 0. The number of hydrogen-bond acceptors (Lipinski definition) is 4. The van der Waals surface area contributed by atoms with Crippen LogP contribution in [-0.2, 0) is 0 Å². The van der Waals surface area contributed by atoms with Gasteiger partial charge in [-0.1, -0.05) is 24.3 Å². The first kappa shape index (κ1) is 21.2. The Kier molecular flexibility index (Phi) is 5.60. The second kappa shape index (κ2) is 8.71. The number of para-hydroxylation sites is 1. The zero-order chi connectivity index (χ0) is 22.9. The standard InChI is InChI=1S/C25H19F2N3O2S/c26-19-8-7-16(14-20(19)27)24(31)29-9-11-30(12-10-29)25(32)18-15-22(23-6-3-13-33-23)28-21-5-2-1-4-17(18)21/h1-8,13-15H,9-12H2. The van der Waals surface area contributed by atoms with Crippen molar-refractivity contribution in [1.82, 2.24) is 14.8 Å². The highest BCUT2D eigenvalue weighted by atomic mass is 32.1. The Bertz CT molecular complexity index is 1350. The van der Waals surface area contributed by atoms with Gasteiger partial charge in [-0.15, -0.1) is 11.3 Å². The molecule has 5 nitrogen and oxygen atoms in total. The van der Waals surface area contributed by atoms with Gasteiger partial charge in [-0.2, -0.15) is 0 Å². The first-order valence-electron chi connectivity index (χ1n) is 10.5. The summed E-state index contributed by atoms with van der Waals surface area (Å²) in [6.45, 7) is 1.31. The number of nitrogens with zero attached hydrogens (tertiary/aromatic N) is 3. The number of piperazine rings is 1. The highest BCUT2D eigenvalue weighted by molar-refractivity contribution is 7.13. The molecule has 5 rings (SSSR count). The molecule has 2 aromatic heterocycles. The van der Waals surface area contributed by atoms with Gasteiger partial charge in [-0.25, -0.2) is 13.8 Å². The first-order chi connectivity index (χ1) is 16.0. The van der Waals surface area contributed by atoms with Crippen molar-refractivity contribution in [2.24, 2.45) is 0 Å². The van der Waals surface area contributed by atoms with Crippen LogP contribution < -0.4 is 0 Å². The number of aromatic nitrogens is 1. The Hall–Kier alpha value is -3.65. The largest absolute Gasteiger partial charge is 0.335 e. The summed E-state index contributed by atoms with van der Waals surface area (Å²) in [7, 11) is 0. The van der Waals surface area contributed by atoms with Crippen molar-refractivity contribution in [1.29, 1.82) is 0 Å². The molecule has 0 unspecified atom stereocenters. The topological polar surface area (TPSA) is 53.5 Å². The molecule has 2 amide bonds. The number of benzene rings is 2. The Morgan fingerprint density at radius 1 is 0.818 bits per heavy atom. The number of amides is 2. The number of rotatable bonds is 3. The molecule has 4 aromatic rings. The molecule has 0 saturated carbocycles. The van der Waals surface area contributed by atoms with Crippen LogP contribution in [0.25, 0.3) is 21.5 Å². The number of halogens is 2. The van der Waals surface area contributed by atoms with Crippen LogP contribution in [0.15, 0.2) is 66.0 Å². The van der Waals surface area contributed by atoms with Crippen molar-refractivity contribution in [2.45, 2.75) is 0 Å². The Labute approximate surface area is 192 Å². The molecule has 1 saturated heterocycles. The van der Waals surface area contributed by atoms with Gasteiger partial charge in [0.05, 0.1) is 21.7 Å². The number of carbonyl (C=O) groups is 2. The summed E-state index contributed by atoms with van der Waals surface area (Å²) in [5.41, 5.74) is 2.16. The van der Waals surface area contributed by atoms with Crippen molar-refractivity contribution >= 4 is 34.1 Å². The van der Waals surface area contributed by atoms with E-state index >= 15 is 0 Å². The molecule has 33 heavy (non-hydrogen) atoms. The minimum atomic E-state index is -1.05. The van der Waals surface area contributed by atoms with Crippen LogP contribution in [0.5, 0.6) is 0 Å². The average Bonchev–Trinajstić information content (AvgIpc) is 3.39. The molecule has 0 radical (unpaired) electrons. The molecule has 0 aliphatic carbocycles. The SMILES string of the molecule is O=C(c1ccc(F)c(F)c1)N1CCN(C(=O)c2cc(-c3cccs3)nc3ccccc23)CC1. The monoisotopic (exact) mass is 463 g/mol. The van der Waals surface area contributed by atoms with Gasteiger partial charge in [-0.05, 0) is 41.8 Å². The maximum Gasteiger partial charge on any atom is 0.254 e. The lowest BCUT2D eigenvalue weighted by Gasteiger charge is -2.35. The Morgan fingerprint density at radius 3 is 2.24 bits per heavy atom. The molecule has 1 fully saturated rings. The third kappa shape index (κ3) is 4.09. The molecule has 166 valence electrons. The average molecular weight is 464 g/mol. The maximum absolute atomic E-state index is 13.5. The summed E-state index contributed by atoms with van der Waals surface area (Å²) in [6, 6.07) is 16.4. The molecule has 1 aliphatic rings. The van der Waals surface area contributed by atoms with E-state index in [0.29, 0.717) is 31.7 Å². The molecule has 8 heteroatoms. The molecule has 0 N–H and O–H groups in total. The lowest BCUT2D eigenvalue weighted by atomic mass is 10.0. The van der Waals surface area contributed by atoms with E-state index in [9.17, 15) is 18.4 Å². The van der Waals surface area contributed by atoms with Gasteiger partial charge in [0.15, 0.2) is 11.6 Å². The second-order valence-corrected chi connectivity index (χ2v) is 8.71. The summed E-state index contributed by atoms with van der Waals surface area (Å²) >= 11 is 1.56. The number of carbonyl (C=O) groups excluding carboxylic acids is 2. The normalized spacial score (nSPS) is 14.0. The second-order valence-electron chi connectivity index (χ2n) is 7.76. The minimum absolute atomic E-state index is 0.0920. The number of hydrogen-bond donors (Lipinski definition) is 0. The maximum atomic E-state index is 13.5. The highest BCUT2D eigenvalue weighted by Gasteiger charge is 2.27. The summed E-state index contributed by atoms with van der Waals surface area (Å²) in [5, 5.41) is 2.75. The summed E-state index contributed by atoms with van der Waals surface area (Å²) < 4.78 is 26.7. The van der Waals surface area contributed by atoms with Crippen LogP contribution in [0, 0.1) is 11.6 Å². The minimum Gasteiger partial charge on any atom is -0.335 e. The predicted molar refractivity (Wildman–Crippen MR) is 123 cm³/mol. The van der Waals surface area contributed by atoms with Crippen molar-refractivity contribution in [3.63, 3.8) is 0 Å². The Morgan fingerprint density at radius 2 is 1.55 bits per heavy atom.